The van der Waals surface area contributed by atoms with Crippen molar-refractivity contribution in [2.45, 2.75) is 0 Å². The van der Waals surface area contributed by atoms with Gasteiger partial charge >= 0.3 is 0 Å². The van der Waals surface area contributed by atoms with Crippen LogP contribution in [0, 0.1) is 10.1 Å². The molecular weight excluding hydrogens is 302 g/mol. The summed E-state index contributed by atoms with van der Waals surface area (Å²) in [5.41, 5.74) is 5.58. The van der Waals surface area contributed by atoms with Crippen LogP contribution in [0.25, 0.3) is 0 Å². The zero-order valence-electron chi connectivity index (χ0n) is 11.9. The summed E-state index contributed by atoms with van der Waals surface area (Å²) in [4.78, 5) is 24.8. The summed E-state index contributed by atoms with van der Waals surface area (Å²) in [5, 5.41) is 20.4. The highest BCUT2D eigenvalue weighted by Crippen LogP contribution is 2.30. The number of amides is 1. The maximum absolute atomic E-state index is 10.7. The van der Waals surface area contributed by atoms with Crippen molar-refractivity contribution >= 4 is 23.5 Å². The number of nitro benzene ring substituents is 1. The Balaban J connectivity index is 2.12. The lowest BCUT2D eigenvalue weighted by Gasteiger charge is -2.03. The standard InChI is InChI=1S/C15H13N3O5/c16-15(20)9-23-12-4-1-10(2-5-12)8-17-13-7-11(18(21)22)3-6-14(13)19/h1-8,19H,9H2,(H2,16,20). The minimum Gasteiger partial charge on any atom is -0.506 e. The summed E-state index contributed by atoms with van der Waals surface area (Å²) < 4.78 is 5.11. The lowest BCUT2D eigenvalue weighted by atomic mass is 10.2. The third-order valence-electron chi connectivity index (χ3n) is 2.78. The number of hydrogen-bond donors (Lipinski definition) is 2. The van der Waals surface area contributed by atoms with Crippen molar-refractivity contribution in [3.63, 3.8) is 0 Å². The van der Waals surface area contributed by atoms with Crippen LogP contribution in [-0.2, 0) is 4.79 Å². The molecule has 0 heterocycles. The van der Waals surface area contributed by atoms with Crippen LogP contribution < -0.4 is 10.5 Å². The van der Waals surface area contributed by atoms with Crippen molar-refractivity contribution in [2.24, 2.45) is 10.7 Å². The van der Waals surface area contributed by atoms with Gasteiger partial charge < -0.3 is 15.6 Å². The largest absolute Gasteiger partial charge is 0.506 e. The number of nitrogens with zero attached hydrogens (tertiary/aromatic N) is 2. The van der Waals surface area contributed by atoms with Gasteiger partial charge in [-0.05, 0) is 35.9 Å². The van der Waals surface area contributed by atoms with Crippen LogP contribution in [0.15, 0.2) is 47.5 Å². The summed E-state index contributed by atoms with van der Waals surface area (Å²) in [6.07, 6.45) is 1.44. The van der Waals surface area contributed by atoms with E-state index in [4.69, 9.17) is 10.5 Å². The molecule has 0 aromatic heterocycles. The highest BCUT2D eigenvalue weighted by Gasteiger charge is 2.09. The number of nitrogens with two attached hydrogens (primary N) is 1. The molecule has 3 N–H and O–H groups in total. The van der Waals surface area contributed by atoms with Crippen LogP contribution in [-0.4, -0.2) is 28.8 Å². The van der Waals surface area contributed by atoms with E-state index < -0.39 is 10.8 Å². The van der Waals surface area contributed by atoms with E-state index in [0.29, 0.717) is 11.3 Å². The average Bonchev–Trinajstić information content (AvgIpc) is 2.53. The Morgan fingerprint density at radius 2 is 2.00 bits per heavy atom. The van der Waals surface area contributed by atoms with Gasteiger partial charge in [-0.2, -0.15) is 0 Å². The SMILES string of the molecule is NC(=O)COc1ccc(C=Nc2cc([N+](=O)[O-])ccc2O)cc1. The Kier molecular flexibility index (Phi) is 4.88. The first kappa shape index (κ1) is 16.0. The molecule has 0 bridgehead atoms. The Morgan fingerprint density at radius 3 is 2.61 bits per heavy atom. The molecule has 0 fully saturated rings. The lowest BCUT2D eigenvalue weighted by molar-refractivity contribution is -0.384. The minimum absolute atomic E-state index is 0.0910. The Hall–Kier alpha value is -3.42. The third kappa shape index (κ3) is 4.53. The summed E-state index contributed by atoms with van der Waals surface area (Å²) in [6, 6.07) is 10.2. The predicted octanol–water partition coefficient (Wildman–Crippen LogP) is 1.92. The van der Waals surface area contributed by atoms with Crippen LogP contribution in [0.5, 0.6) is 11.5 Å². The second-order valence-corrected chi connectivity index (χ2v) is 4.51. The maximum atomic E-state index is 10.7. The van der Waals surface area contributed by atoms with Crippen LogP contribution in [0.4, 0.5) is 11.4 Å². The molecule has 0 aliphatic heterocycles. The molecule has 1 amide bonds. The van der Waals surface area contributed by atoms with Crippen molar-refractivity contribution in [3.05, 3.63) is 58.1 Å². The Morgan fingerprint density at radius 1 is 1.30 bits per heavy atom. The van der Waals surface area contributed by atoms with Gasteiger partial charge in [0.2, 0.25) is 0 Å². The molecular formula is C15H13N3O5. The molecule has 23 heavy (non-hydrogen) atoms. The second kappa shape index (κ2) is 7.03. The Bertz CT molecular complexity index is 756. The van der Waals surface area contributed by atoms with Crippen molar-refractivity contribution in [3.8, 4) is 11.5 Å². The number of ether oxygens (including phenoxy) is 1. The first-order valence-corrected chi connectivity index (χ1v) is 6.48. The number of carbonyl (C=O) groups excluding carboxylic acids is 1. The van der Waals surface area contributed by atoms with E-state index in [0.717, 1.165) is 0 Å². The molecule has 0 saturated carbocycles. The number of primary amides is 1. The van der Waals surface area contributed by atoms with E-state index in [1.54, 1.807) is 24.3 Å². The van der Waals surface area contributed by atoms with Gasteiger partial charge in [-0.1, -0.05) is 0 Å². The van der Waals surface area contributed by atoms with Crippen molar-refractivity contribution < 1.29 is 19.6 Å². The number of phenolic OH excluding ortho intramolecular Hbond substituents is 1. The van der Waals surface area contributed by atoms with Gasteiger partial charge in [-0.25, -0.2) is 0 Å². The van der Waals surface area contributed by atoms with E-state index >= 15 is 0 Å². The summed E-state index contributed by atoms with van der Waals surface area (Å²) in [7, 11) is 0. The highest BCUT2D eigenvalue weighted by molar-refractivity contribution is 5.83. The topological polar surface area (TPSA) is 128 Å². The number of carbonyl (C=O) groups is 1. The summed E-state index contributed by atoms with van der Waals surface area (Å²) in [6.45, 7) is -0.213. The normalized spacial score (nSPS) is 10.6. The lowest BCUT2D eigenvalue weighted by Crippen LogP contribution is -2.19. The number of non-ortho nitro benzene ring substituents is 1. The van der Waals surface area contributed by atoms with Gasteiger partial charge in [0.25, 0.3) is 11.6 Å². The van der Waals surface area contributed by atoms with E-state index in [-0.39, 0.29) is 23.7 Å². The molecule has 0 saturated heterocycles. The fourth-order valence-electron chi connectivity index (χ4n) is 1.68. The molecule has 0 radical (unpaired) electrons. The molecule has 0 aliphatic carbocycles. The summed E-state index contributed by atoms with van der Waals surface area (Å²) in [5.74, 6) is -0.260. The molecule has 0 spiro atoms. The molecule has 2 aromatic carbocycles. The van der Waals surface area contributed by atoms with Crippen LogP contribution >= 0.6 is 0 Å². The molecule has 118 valence electrons. The van der Waals surface area contributed by atoms with Gasteiger partial charge in [0, 0.05) is 18.3 Å². The molecule has 8 nitrogen and oxygen atoms in total. The van der Waals surface area contributed by atoms with Gasteiger partial charge in [-0.3, -0.25) is 19.9 Å². The van der Waals surface area contributed by atoms with Gasteiger partial charge in [-0.15, -0.1) is 0 Å². The van der Waals surface area contributed by atoms with Gasteiger partial charge in [0.15, 0.2) is 6.61 Å². The maximum Gasteiger partial charge on any atom is 0.271 e. The van der Waals surface area contributed by atoms with Gasteiger partial charge in [0.05, 0.1) is 4.92 Å². The number of nitro groups is 1. The first-order valence-electron chi connectivity index (χ1n) is 6.48. The van der Waals surface area contributed by atoms with E-state index in [2.05, 4.69) is 4.99 Å². The van der Waals surface area contributed by atoms with E-state index in [1.165, 1.54) is 24.4 Å². The molecule has 0 atom stereocenters. The fourth-order valence-corrected chi connectivity index (χ4v) is 1.68. The van der Waals surface area contributed by atoms with Crippen molar-refractivity contribution in [1.82, 2.24) is 0 Å². The van der Waals surface area contributed by atoms with E-state index in [9.17, 15) is 20.0 Å². The quantitative estimate of drug-likeness (QED) is 0.478. The number of aliphatic imine (C=N–C) groups is 1. The van der Waals surface area contributed by atoms with Gasteiger partial charge in [0.1, 0.15) is 17.2 Å². The molecule has 8 heteroatoms. The molecule has 0 unspecified atom stereocenters. The van der Waals surface area contributed by atoms with Crippen molar-refractivity contribution in [2.75, 3.05) is 6.61 Å². The average molecular weight is 315 g/mol. The number of benzene rings is 2. The highest BCUT2D eigenvalue weighted by atomic mass is 16.6. The monoisotopic (exact) mass is 315 g/mol. The fraction of sp³-hybridized carbons (Fsp3) is 0.0667. The van der Waals surface area contributed by atoms with Crippen LogP contribution in [0.2, 0.25) is 0 Å². The van der Waals surface area contributed by atoms with Crippen LogP contribution in [0.1, 0.15) is 5.56 Å². The molecule has 2 aromatic rings. The zero-order valence-corrected chi connectivity index (χ0v) is 11.9. The minimum atomic E-state index is -0.572. The van der Waals surface area contributed by atoms with Crippen molar-refractivity contribution in [1.29, 1.82) is 0 Å². The second-order valence-electron chi connectivity index (χ2n) is 4.51. The van der Waals surface area contributed by atoms with Crippen LogP contribution in [0.3, 0.4) is 0 Å². The predicted molar refractivity (Wildman–Crippen MR) is 83.1 cm³/mol. The first-order chi connectivity index (χ1) is 11.0. The zero-order chi connectivity index (χ0) is 16.8. The number of rotatable bonds is 6. The smallest absolute Gasteiger partial charge is 0.271 e. The number of aromatic hydroxyl groups is 1. The molecule has 2 rings (SSSR count). The number of hydrogen-bond acceptors (Lipinski definition) is 6. The Labute approximate surface area is 131 Å². The molecule has 0 aliphatic rings. The van der Waals surface area contributed by atoms with E-state index in [1.807, 2.05) is 0 Å². The third-order valence-corrected chi connectivity index (χ3v) is 2.78. The number of phenols is 1. The summed E-state index contributed by atoms with van der Waals surface area (Å²) >= 11 is 0.